The predicted molar refractivity (Wildman–Crippen MR) is 111 cm³/mol. The summed E-state index contributed by atoms with van der Waals surface area (Å²) in [6.45, 7) is 2.04. The Morgan fingerprint density at radius 2 is 1.90 bits per heavy atom. The quantitative estimate of drug-likeness (QED) is 0.718. The van der Waals surface area contributed by atoms with Gasteiger partial charge in [0.2, 0.25) is 5.91 Å². The average molecular weight is 410 g/mol. The summed E-state index contributed by atoms with van der Waals surface area (Å²) in [4.78, 5) is 39.4. The van der Waals surface area contributed by atoms with Crippen LogP contribution in [0.1, 0.15) is 28.8 Å². The number of amides is 4. The monoisotopic (exact) mass is 410 g/mol. The van der Waals surface area contributed by atoms with Crippen LogP contribution in [0.25, 0.3) is 0 Å². The summed E-state index contributed by atoms with van der Waals surface area (Å²) in [6.07, 6.45) is 2.46. The number of rotatable bonds is 6. The summed E-state index contributed by atoms with van der Waals surface area (Å²) in [7, 11) is 0. The molecule has 0 aromatic heterocycles. The first-order valence-corrected chi connectivity index (χ1v) is 10.0. The third-order valence-electron chi connectivity index (χ3n) is 5.45. The van der Waals surface area contributed by atoms with Crippen molar-refractivity contribution in [3.8, 4) is 0 Å². The van der Waals surface area contributed by atoms with E-state index in [4.69, 9.17) is 0 Å². The first-order valence-electron chi connectivity index (χ1n) is 10.0. The minimum absolute atomic E-state index is 0.0719. The molecule has 1 saturated heterocycles. The molecule has 7 nitrogen and oxygen atoms in total. The van der Waals surface area contributed by atoms with Gasteiger partial charge in [0.25, 0.3) is 5.91 Å². The van der Waals surface area contributed by atoms with Crippen LogP contribution >= 0.6 is 0 Å². The number of anilines is 2. The number of imide groups is 1. The number of fused-ring (bicyclic) bond motifs is 1. The van der Waals surface area contributed by atoms with E-state index in [1.807, 2.05) is 18.2 Å². The molecule has 0 bridgehead atoms. The van der Waals surface area contributed by atoms with Crippen molar-refractivity contribution in [2.45, 2.75) is 19.3 Å². The van der Waals surface area contributed by atoms with Crippen molar-refractivity contribution in [3.05, 3.63) is 59.4 Å². The SMILES string of the molecule is O=C(Nc1cccc2c1CCCN2CCCN1C(=O)CNC1=O)c1ccc(F)cc1. The van der Waals surface area contributed by atoms with E-state index in [1.165, 1.54) is 29.2 Å². The Hall–Kier alpha value is -3.42. The largest absolute Gasteiger partial charge is 0.371 e. The maximum absolute atomic E-state index is 13.1. The van der Waals surface area contributed by atoms with Gasteiger partial charge in [0.15, 0.2) is 0 Å². The van der Waals surface area contributed by atoms with Crippen molar-refractivity contribution in [3.63, 3.8) is 0 Å². The summed E-state index contributed by atoms with van der Waals surface area (Å²) < 4.78 is 13.1. The summed E-state index contributed by atoms with van der Waals surface area (Å²) in [6, 6.07) is 10.9. The number of hydrogen-bond donors (Lipinski definition) is 2. The van der Waals surface area contributed by atoms with Crippen molar-refractivity contribution in [2.75, 3.05) is 36.4 Å². The molecule has 0 atom stereocenters. The molecule has 2 aliphatic rings. The molecule has 30 heavy (non-hydrogen) atoms. The lowest BCUT2D eigenvalue weighted by atomic mass is 9.99. The Labute approximate surface area is 173 Å². The van der Waals surface area contributed by atoms with Gasteiger partial charge >= 0.3 is 6.03 Å². The Kier molecular flexibility index (Phi) is 5.65. The van der Waals surface area contributed by atoms with E-state index in [1.54, 1.807) is 0 Å². The molecule has 0 spiro atoms. The van der Waals surface area contributed by atoms with Crippen LogP contribution in [-0.4, -0.2) is 48.9 Å². The molecule has 0 saturated carbocycles. The van der Waals surface area contributed by atoms with E-state index in [9.17, 15) is 18.8 Å². The maximum Gasteiger partial charge on any atom is 0.324 e. The minimum atomic E-state index is -0.382. The first kappa shape index (κ1) is 19.9. The average Bonchev–Trinajstić information content (AvgIpc) is 3.07. The highest BCUT2D eigenvalue weighted by atomic mass is 19.1. The molecular formula is C22H23FN4O3. The summed E-state index contributed by atoms with van der Waals surface area (Å²) in [5.74, 6) is -0.851. The fourth-order valence-corrected chi connectivity index (χ4v) is 3.95. The van der Waals surface area contributed by atoms with Crippen LogP contribution in [0.4, 0.5) is 20.6 Å². The highest BCUT2D eigenvalue weighted by Crippen LogP contribution is 2.33. The molecule has 4 amide bonds. The second-order valence-corrected chi connectivity index (χ2v) is 7.41. The Balaban J connectivity index is 1.44. The molecule has 2 heterocycles. The van der Waals surface area contributed by atoms with Crippen molar-refractivity contribution < 1.29 is 18.8 Å². The normalized spacial score (nSPS) is 15.8. The van der Waals surface area contributed by atoms with E-state index < -0.39 is 0 Å². The number of urea groups is 1. The second kappa shape index (κ2) is 8.52. The number of nitrogens with one attached hydrogen (secondary N) is 2. The molecule has 156 valence electrons. The van der Waals surface area contributed by atoms with E-state index in [2.05, 4.69) is 15.5 Å². The second-order valence-electron chi connectivity index (χ2n) is 7.41. The van der Waals surface area contributed by atoms with Crippen molar-refractivity contribution in [2.24, 2.45) is 0 Å². The number of hydrogen-bond acceptors (Lipinski definition) is 4. The van der Waals surface area contributed by atoms with Crippen molar-refractivity contribution in [1.29, 1.82) is 0 Å². The molecule has 2 N–H and O–H groups in total. The zero-order chi connectivity index (χ0) is 21.1. The van der Waals surface area contributed by atoms with Gasteiger partial charge in [-0.3, -0.25) is 14.5 Å². The van der Waals surface area contributed by atoms with Crippen LogP contribution in [0.2, 0.25) is 0 Å². The highest BCUT2D eigenvalue weighted by molar-refractivity contribution is 6.05. The molecular weight excluding hydrogens is 387 g/mol. The first-order chi connectivity index (χ1) is 14.5. The van der Waals surface area contributed by atoms with E-state index in [0.717, 1.165) is 36.3 Å². The highest BCUT2D eigenvalue weighted by Gasteiger charge is 2.28. The van der Waals surface area contributed by atoms with Gasteiger partial charge in [-0.05, 0) is 61.2 Å². The molecule has 0 radical (unpaired) electrons. The zero-order valence-corrected chi connectivity index (χ0v) is 16.5. The lowest BCUT2D eigenvalue weighted by molar-refractivity contribution is -0.125. The number of halogens is 1. The van der Waals surface area contributed by atoms with Gasteiger partial charge in [0, 0.05) is 36.6 Å². The maximum atomic E-state index is 13.1. The third kappa shape index (κ3) is 4.12. The van der Waals surface area contributed by atoms with Crippen LogP contribution in [-0.2, 0) is 11.2 Å². The number of carbonyl (C=O) groups is 3. The smallest absolute Gasteiger partial charge is 0.324 e. The Morgan fingerprint density at radius 3 is 2.63 bits per heavy atom. The molecule has 2 aromatic carbocycles. The molecule has 2 aliphatic heterocycles. The van der Waals surface area contributed by atoms with E-state index in [-0.39, 0.29) is 30.2 Å². The van der Waals surface area contributed by atoms with Gasteiger partial charge in [-0.1, -0.05) is 6.07 Å². The predicted octanol–water partition coefficient (Wildman–Crippen LogP) is 2.77. The minimum Gasteiger partial charge on any atom is -0.371 e. The molecule has 1 fully saturated rings. The van der Waals surface area contributed by atoms with Gasteiger partial charge in [-0.25, -0.2) is 9.18 Å². The van der Waals surface area contributed by atoms with Gasteiger partial charge in [0.1, 0.15) is 5.82 Å². The lowest BCUT2D eigenvalue weighted by Gasteiger charge is -2.33. The van der Waals surface area contributed by atoms with Crippen LogP contribution in [0, 0.1) is 5.82 Å². The van der Waals surface area contributed by atoms with Crippen molar-refractivity contribution >= 4 is 29.2 Å². The third-order valence-corrected chi connectivity index (χ3v) is 5.45. The van der Waals surface area contributed by atoms with Crippen LogP contribution < -0.4 is 15.5 Å². The Bertz CT molecular complexity index is 961. The summed E-state index contributed by atoms with van der Waals surface area (Å²) >= 11 is 0. The number of nitrogens with zero attached hydrogens (tertiary/aromatic N) is 2. The summed E-state index contributed by atoms with van der Waals surface area (Å²) in [5.41, 5.74) is 3.26. The molecule has 0 unspecified atom stereocenters. The van der Waals surface area contributed by atoms with Crippen LogP contribution in [0.15, 0.2) is 42.5 Å². The Morgan fingerprint density at radius 1 is 1.10 bits per heavy atom. The molecule has 4 rings (SSSR count). The van der Waals surface area contributed by atoms with Gasteiger partial charge in [-0.2, -0.15) is 0 Å². The van der Waals surface area contributed by atoms with E-state index in [0.29, 0.717) is 25.1 Å². The van der Waals surface area contributed by atoms with Crippen LogP contribution in [0.5, 0.6) is 0 Å². The number of carbonyl (C=O) groups excluding carboxylic acids is 3. The molecule has 0 aliphatic carbocycles. The van der Waals surface area contributed by atoms with Gasteiger partial charge in [-0.15, -0.1) is 0 Å². The van der Waals surface area contributed by atoms with Gasteiger partial charge in [0.05, 0.1) is 6.54 Å². The zero-order valence-electron chi connectivity index (χ0n) is 16.5. The number of benzene rings is 2. The lowest BCUT2D eigenvalue weighted by Crippen LogP contribution is -2.36. The van der Waals surface area contributed by atoms with Crippen LogP contribution in [0.3, 0.4) is 0 Å². The topological polar surface area (TPSA) is 81.8 Å². The van der Waals surface area contributed by atoms with Gasteiger partial charge < -0.3 is 15.5 Å². The standard InChI is InChI=1S/C22H23FN4O3/c23-16-9-7-15(8-10-16)21(29)25-18-5-1-6-19-17(18)4-2-11-26(19)12-3-13-27-20(28)14-24-22(27)30/h1,5-10H,2-4,11-14H2,(H,24,30)(H,25,29). The fourth-order valence-electron chi connectivity index (χ4n) is 3.95. The molecule has 2 aromatic rings. The van der Waals surface area contributed by atoms with E-state index >= 15 is 0 Å². The molecule has 8 heteroatoms. The van der Waals surface area contributed by atoms with Crippen molar-refractivity contribution in [1.82, 2.24) is 10.2 Å². The fraction of sp³-hybridized carbons (Fsp3) is 0.318. The summed E-state index contributed by atoms with van der Waals surface area (Å²) in [5, 5.41) is 5.47.